The van der Waals surface area contributed by atoms with Gasteiger partial charge in [0.2, 0.25) is 10.0 Å². The van der Waals surface area contributed by atoms with Crippen molar-refractivity contribution in [1.29, 1.82) is 0 Å². The van der Waals surface area contributed by atoms with Gasteiger partial charge in [-0.05, 0) is 32.8 Å². The average Bonchev–Trinajstić information content (AvgIpc) is 2.93. The molecular weight excluding hydrogens is 330 g/mol. The van der Waals surface area contributed by atoms with E-state index in [9.17, 15) is 8.42 Å². The first-order valence-corrected chi connectivity index (χ1v) is 10.3. The van der Waals surface area contributed by atoms with Crippen molar-refractivity contribution in [3.05, 3.63) is 22.8 Å². The molecule has 5 nitrogen and oxygen atoms in total. The second-order valence-electron chi connectivity index (χ2n) is 6.15. The van der Waals surface area contributed by atoms with Gasteiger partial charge in [-0.2, -0.15) is 4.31 Å². The van der Waals surface area contributed by atoms with Crippen LogP contribution in [0.15, 0.2) is 16.3 Å². The SMILES string of the molecule is Cc1csc(-c2cc(S(=O)(=O)N3CCCCCC3)c(C)n2C)n1. The van der Waals surface area contributed by atoms with Crippen LogP contribution in [-0.2, 0) is 17.1 Å². The maximum Gasteiger partial charge on any atom is 0.244 e. The molecule has 126 valence electrons. The Balaban J connectivity index is 2.02. The third kappa shape index (κ3) is 3.09. The summed E-state index contributed by atoms with van der Waals surface area (Å²) in [7, 11) is -1.52. The molecule has 2 aromatic heterocycles. The van der Waals surface area contributed by atoms with E-state index in [1.807, 2.05) is 30.8 Å². The molecule has 0 aliphatic carbocycles. The molecule has 0 saturated carbocycles. The molecule has 0 atom stereocenters. The minimum Gasteiger partial charge on any atom is -0.345 e. The number of rotatable bonds is 3. The normalized spacial score (nSPS) is 17.3. The molecule has 0 radical (unpaired) electrons. The lowest BCUT2D eigenvalue weighted by molar-refractivity contribution is 0.423. The Morgan fingerprint density at radius 2 is 1.78 bits per heavy atom. The third-order valence-corrected chi connectivity index (χ3v) is 7.51. The van der Waals surface area contributed by atoms with Crippen LogP contribution in [0.2, 0.25) is 0 Å². The maximum absolute atomic E-state index is 13.1. The van der Waals surface area contributed by atoms with Crippen LogP contribution < -0.4 is 0 Å². The fourth-order valence-electron chi connectivity index (χ4n) is 3.03. The molecule has 1 saturated heterocycles. The van der Waals surface area contributed by atoms with Crippen molar-refractivity contribution in [2.24, 2.45) is 7.05 Å². The number of thiazole rings is 1. The molecule has 1 aliphatic heterocycles. The maximum atomic E-state index is 13.1. The Labute approximate surface area is 142 Å². The summed E-state index contributed by atoms with van der Waals surface area (Å²) in [6, 6.07) is 1.79. The molecule has 3 heterocycles. The van der Waals surface area contributed by atoms with Gasteiger partial charge in [-0.25, -0.2) is 13.4 Å². The fraction of sp³-hybridized carbons (Fsp3) is 0.562. The highest BCUT2D eigenvalue weighted by atomic mass is 32.2. The van der Waals surface area contributed by atoms with Gasteiger partial charge in [0.15, 0.2) is 0 Å². The number of aryl methyl sites for hydroxylation is 1. The van der Waals surface area contributed by atoms with Crippen LogP contribution in [0, 0.1) is 13.8 Å². The summed E-state index contributed by atoms with van der Waals surface area (Å²) < 4.78 is 29.7. The summed E-state index contributed by atoms with van der Waals surface area (Å²) in [6.07, 6.45) is 4.13. The summed E-state index contributed by atoms with van der Waals surface area (Å²) >= 11 is 1.55. The average molecular weight is 354 g/mol. The molecule has 0 amide bonds. The first-order valence-electron chi connectivity index (χ1n) is 8.00. The van der Waals surface area contributed by atoms with E-state index in [-0.39, 0.29) is 0 Å². The third-order valence-electron chi connectivity index (χ3n) is 4.51. The van der Waals surface area contributed by atoms with Crippen LogP contribution >= 0.6 is 11.3 Å². The van der Waals surface area contributed by atoms with Crippen LogP contribution in [-0.4, -0.2) is 35.4 Å². The van der Waals surface area contributed by atoms with E-state index in [1.54, 1.807) is 21.7 Å². The number of nitrogens with zero attached hydrogens (tertiary/aromatic N) is 3. The summed E-state index contributed by atoms with van der Waals surface area (Å²) in [5.41, 5.74) is 2.60. The number of aromatic nitrogens is 2. The van der Waals surface area contributed by atoms with E-state index in [0.717, 1.165) is 47.8 Å². The smallest absolute Gasteiger partial charge is 0.244 e. The van der Waals surface area contributed by atoms with Gasteiger partial charge in [0.25, 0.3) is 0 Å². The zero-order chi connectivity index (χ0) is 16.6. The Hall–Kier alpha value is -1.18. The Morgan fingerprint density at radius 1 is 1.13 bits per heavy atom. The Kier molecular flexibility index (Phi) is 4.62. The van der Waals surface area contributed by atoms with Gasteiger partial charge < -0.3 is 4.57 Å². The minimum atomic E-state index is -3.43. The molecule has 1 fully saturated rings. The van der Waals surface area contributed by atoms with E-state index in [0.29, 0.717) is 18.0 Å². The van der Waals surface area contributed by atoms with Gasteiger partial charge in [0.05, 0.1) is 5.69 Å². The van der Waals surface area contributed by atoms with Crippen molar-refractivity contribution in [3.63, 3.8) is 0 Å². The number of sulfonamides is 1. The highest BCUT2D eigenvalue weighted by molar-refractivity contribution is 7.89. The molecule has 2 aromatic rings. The number of hydrogen-bond donors (Lipinski definition) is 0. The van der Waals surface area contributed by atoms with Crippen molar-refractivity contribution in [3.8, 4) is 10.7 Å². The molecule has 7 heteroatoms. The summed E-state index contributed by atoms with van der Waals surface area (Å²) in [5, 5.41) is 2.85. The van der Waals surface area contributed by atoms with Crippen molar-refractivity contribution in [2.75, 3.05) is 13.1 Å². The minimum absolute atomic E-state index is 0.421. The van der Waals surface area contributed by atoms with E-state index >= 15 is 0 Å². The van der Waals surface area contributed by atoms with Gasteiger partial charge in [0.1, 0.15) is 9.90 Å². The van der Waals surface area contributed by atoms with Gasteiger partial charge >= 0.3 is 0 Å². The topological polar surface area (TPSA) is 55.2 Å². The molecular formula is C16H23N3O2S2. The van der Waals surface area contributed by atoms with Gasteiger partial charge in [0, 0.05) is 36.9 Å². The van der Waals surface area contributed by atoms with E-state index < -0.39 is 10.0 Å². The molecule has 0 unspecified atom stereocenters. The second kappa shape index (κ2) is 6.37. The molecule has 0 N–H and O–H groups in total. The Bertz CT molecular complexity index is 797. The monoisotopic (exact) mass is 353 g/mol. The van der Waals surface area contributed by atoms with E-state index in [4.69, 9.17) is 0 Å². The molecule has 1 aliphatic rings. The summed E-state index contributed by atoms with van der Waals surface area (Å²) in [6.45, 7) is 5.07. The largest absolute Gasteiger partial charge is 0.345 e. The summed E-state index contributed by atoms with van der Waals surface area (Å²) in [4.78, 5) is 4.92. The van der Waals surface area contributed by atoms with Crippen LogP contribution in [0.1, 0.15) is 37.1 Å². The molecule has 0 aromatic carbocycles. The molecule has 0 spiro atoms. The second-order valence-corrected chi connectivity index (χ2v) is 8.92. The fourth-order valence-corrected chi connectivity index (χ4v) is 5.67. The Morgan fingerprint density at radius 3 is 2.35 bits per heavy atom. The first kappa shape index (κ1) is 16.7. The lowest BCUT2D eigenvalue weighted by Gasteiger charge is -2.19. The predicted octanol–water partition coefficient (Wildman–Crippen LogP) is 3.33. The number of hydrogen-bond acceptors (Lipinski definition) is 4. The quantitative estimate of drug-likeness (QED) is 0.850. The zero-order valence-corrected chi connectivity index (χ0v) is 15.5. The molecule has 23 heavy (non-hydrogen) atoms. The van der Waals surface area contributed by atoms with Crippen LogP contribution in [0.25, 0.3) is 10.7 Å². The molecule has 0 bridgehead atoms. The van der Waals surface area contributed by atoms with E-state index in [2.05, 4.69) is 4.98 Å². The zero-order valence-electron chi connectivity index (χ0n) is 13.9. The molecule has 3 rings (SSSR count). The van der Waals surface area contributed by atoms with Crippen LogP contribution in [0.5, 0.6) is 0 Å². The van der Waals surface area contributed by atoms with Crippen molar-refractivity contribution in [1.82, 2.24) is 13.9 Å². The van der Waals surface area contributed by atoms with Crippen molar-refractivity contribution in [2.45, 2.75) is 44.4 Å². The predicted molar refractivity (Wildman–Crippen MR) is 93.2 cm³/mol. The van der Waals surface area contributed by atoms with Gasteiger partial charge in [-0.3, -0.25) is 0 Å². The van der Waals surface area contributed by atoms with Crippen molar-refractivity contribution >= 4 is 21.4 Å². The van der Waals surface area contributed by atoms with Crippen LogP contribution in [0.3, 0.4) is 0 Å². The standard InChI is InChI=1S/C16H23N3O2S2/c1-12-11-22-16(17-12)14-10-15(13(2)18(14)3)23(20,21)19-8-6-4-5-7-9-19/h10-11H,4-9H2,1-3H3. The van der Waals surface area contributed by atoms with Gasteiger partial charge in [-0.1, -0.05) is 12.8 Å². The van der Waals surface area contributed by atoms with Gasteiger partial charge in [-0.15, -0.1) is 11.3 Å². The van der Waals surface area contributed by atoms with E-state index in [1.165, 1.54) is 0 Å². The lowest BCUT2D eigenvalue weighted by atomic mass is 10.2. The lowest BCUT2D eigenvalue weighted by Crippen LogP contribution is -2.32. The van der Waals surface area contributed by atoms with Crippen molar-refractivity contribution < 1.29 is 8.42 Å². The van der Waals surface area contributed by atoms with Crippen LogP contribution in [0.4, 0.5) is 0 Å². The first-order chi connectivity index (χ1) is 10.9. The highest BCUT2D eigenvalue weighted by Crippen LogP contribution is 2.31. The highest BCUT2D eigenvalue weighted by Gasteiger charge is 2.29. The summed E-state index contributed by atoms with van der Waals surface area (Å²) in [5.74, 6) is 0.